The van der Waals surface area contributed by atoms with Crippen LogP contribution in [0.5, 0.6) is 5.75 Å². The highest BCUT2D eigenvalue weighted by Crippen LogP contribution is 2.16. The zero-order chi connectivity index (χ0) is 15.1. The minimum atomic E-state index is 0.590. The quantitative estimate of drug-likeness (QED) is 0.727. The maximum atomic E-state index is 5.75. The van der Waals surface area contributed by atoms with E-state index >= 15 is 0 Å². The lowest BCUT2D eigenvalue weighted by atomic mass is 10.0. The van der Waals surface area contributed by atoms with Crippen molar-refractivity contribution in [1.82, 2.24) is 9.55 Å². The van der Waals surface area contributed by atoms with Crippen LogP contribution in [-0.4, -0.2) is 16.2 Å². The van der Waals surface area contributed by atoms with Crippen LogP contribution >= 0.6 is 0 Å². The summed E-state index contributed by atoms with van der Waals surface area (Å²) in [5, 5.41) is 0. The molecule has 3 nitrogen and oxygen atoms in total. The second-order valence-electron chi connectivity index (χ2n) is 6.24. The first-order chi connectivity index (χ1) is 10.1. The van der Waals surface area contributed by atoms with Crippen LogP contribution in [0.2, 0.25) is 0 Å². The van der Waals surface area contributed by atoms with E-state index in [2.05, 4.69) is 54.6 Å². The summed E-state index contributed by atoms with van der Waals surface area (Å²) in [4.78, 5) is 4.08. The van der Waals surface area contributed by atoms with Crippen LogP contribution in [-0.2, 0) is 13.0 Å². The van der Waals surface area contributed by atoms with Crippen molar-refractivity contribution < 1.29 is 4.74 Å². The molecule has 1 aromatic heterocycles. The first-order valence-corrected chi connectivity index (χ1v) is 7.81. The van der Waals surface area contributed by atoms with Crippen LogP contribution < -0.4 is 4.74 Å². The molecule has 0 spiro atoms. The molecule has 0 N–H and O–H groups in total. The van der Waals surface area contributed by atoms with Crippen LogP contribution in [0.15, 0.2) is 43.0 Å². The third-order valence-electron chi connectivity index (χ3n) is 3.55. The highest BCUT2D eigenvalue weighted by molar-refractivity contribution is 5.27. The van der Waals surface area contributed by atoms with Gasteiger partial charge in [-0.15, -0.1) is 0 Å². The van der Waals surface area contributed by atoms with E-state index in [4.69, 9.17) is 4.74 Å². The van der Waals surface area contributed by atoms with Gasteiger partial charge in [0, 0.05) is 18.9 Å². The Kier molecular flexibility index (Phi) is 5.85. The van der Waals surface area contributed by atoms with Crippen molar-refractivity contribution in [1.29, 1.82) is 0 Å². The van der Waals surface area contributed by atoms with Crippen LogP contribution in [0.25, 0.3) is 0 Å². The summed E-state index contributed by atoms with van der Waals surface area (Å²) < 4.78 is 7.88. The van der Waals surface area contributed by atoms with Gasteiger partial charge in [0.2, 0.25) is 0 Å². The zero-order valence-corrected chi connectivity index (χ0v) is 13.3. The molecule has 0 aliphatic carbocycles. The largest absolute Gasteiger partial charge is 0.494 e. The Labute approximate surface area is 128 Å². The lowest BCUT2D eigenvalue weighted by Crippen LogP contribution is -2.08. The normalized spacial score (nSPS) is 12.6. The van der Waals surface area contributed by atoms with Crippen molar-refractivity contribution in [2.45, 2.75) is 40.2 Å². The highest BCUT2D eigenvalue weighted by Gasteiger charge is 2.05. The van der Waals surface area contributed by atoms with Gasteiger partial charge in [-0.25, -0.2) is 4.98 Å². The van der Waals surface area contributed by atoms with Gasteiger partial charge < -0.3 is 9.30 Å². The minimum Gasteiger partial charge on any atom is -0.494 e. The standard InChI is InChI=1S/C18H26N2O/c1-15(2)8-11-21-18-6-4-17(5-7-18)12-16(3)13-20-10-9-19-14-20/h4-7,9-10,14-16H,8,11-13H2,1-3H3. The molecule has 0 saturated carbocycles. The third kappa shape index (κ3) is 5.62. The summed E-state index contributed by atoms with van der Waals surface area (Å²) in [6.45, 7) is 8.51. The first-order valence-electron chi connectivity index (χ1n) is 7.81. The van der Waals surface area contributed by atoms with Crippen molar-refractivity contribution in [3.8, 4) is 5.75 Å². The fourth-order valence-electron chi connectivity index (χ4n) is 2.36. The van der Waals surface area contributed by atoms with Crippen LogP contribution in [0.1, 0.15) is 32.8 Å². The molecule has 2 aromatic rings. The fourth-order valence-corrected chi connectivity index (χ4v) is 2.36. The molecule has 1 unspecified atom stereocenters. The van der Waals surface area contributed by atoms with E-state index in [0.717, 1.165) is 31.7 Å². The van der Waals surface area contributed by atoms with E-state index in [1.165, 1.54) is 5.56 Å². The number of imidazole rings is 1. The summed E-state index contributed by atoms with van der Waals surface area (Å²) in [7, 11) is 0. The monoisotopic (exact) mass is 286 g/mol. The first kappa shape index (κ1) is 15.6. The van der Waals surface area contributed by atoms with E-state index in [1.807, 2.05) is 18.7 Å². The van der Waals surface area contributed by atoms with E-state index in [-0.39, 0.29) is 0 Å². The maximum absolute atomic E-state index is 5.75. The number of rotatable bonds is 8. The Bertz CT molecular complexity index is 503. The van der Waals surface area contributed by atoms with E-state index in [0.29, 0.717) is 11.8 Å². The number of hydrogen-bond donors (Lipinski definition) is 0. The van der Waals surface area contributed by atoms with Crippen molar-refractivity contribution in [3.05, 3.63) is 48.5 Å². The maximum Gasteiger partial charge on any atom is 0.119 e. The zero-order valence-electron chi connectivity index (χ0n) is 13.3. The molecule has 2 rings (SSSR count). The highest BCUT2D eigenvalue weighted by atomic mass is 16.5. The van der Waals surface area contributed by atoms with Gasteiger partial charge >= 0.3 is 0 Å². The average molecular weight is 286 g/mol. The second kappa shape index (κ2) is 7.87. The second-order valence-corrected chi connectivity index (χ2v) is 6.24. The summed E-state index contributed by atoms with van der Waals surface area (Å²) in [6.07, 6.45) is 7.90. The molecule has 0 saturated heterocycles. The molecule has 114 valence electrons. The molecule has 1 atom stereocenters. The molecule has 0 radical (unpaired) electrons. The van der Waals surface area contributed by atoms with Gasteiger partial charge in [0.05, 0.1) is 12.9 Å². The Balaban J connectivity index is 1.78. The molecule has 0 aliphatic rings. The fraction of sp³-hybridized carbons (Fsp3) is 0.500. The van der Waals surface area contributed by atoms with Gasteiger partial charge in [0.1, 0.15) is 5.75 Å². The van der Waals surface area contributed by atoms with Gasteiger partial charge in [0.25, 0.3) is 0 Å². The smallest absolute Gasteiger partial charge is 0.119 e. The molecular weight excluding hydrogens is 260 g/mol. The van der Waals surface area contributed by atoms with Gasteiger partial charge in [-0.05, 0) is 42.4 Å². The molecule has 0 aliphatic heterocycles. The van der Waals surface area contributed by atoms with Crippen molar-refractivity contribution in [3.63, 3.8) is 0 Å². The van der Waals surface area contributed by atoms with Crippen molar-refractivity contribution in [2.75, 3.05) is 6.61 Å². The Hall–Kier alpha value is -1.77. The number of benzene rings is 1. The molecular formula is C18H26N2O. The molecule has 0 fully saturated rings. The van der Waals surface area contributed by atoms with Crippen LogP contribution in [0.3, 0.4) is 0 Å². The molecule has 0 bridgehead atoms. The number of ether oxygens (including phenoxy) is 1. The SMILES string of the molecule is CC(C)CCOc1ccc(CC(C)Cn2ccnc2)cc1. The Morgan fingerprint density at radius 3 is 2.52 bits per heavy atom. The molecule has 0 amide bonds. The molecule has 21 heavy (non-hydrogen) atoms. The lowest BCUT2D eigenvalue weighted by Gasteiger charge is -2.13. The number of aromatic nitrogens is 2. The predicted octanol–water partition coefficient (Wildman–Crippen LogP) is 4.19. The lowest BCUT2D eigenvalue weighted by molar-refractivity contribution is 0.289. The number of hydrogen-bond acceptors (Lipinski definition) is 2. The minimum absolute atomic E-state index is 0.590. The Morgan fingerprint density at radius 1 is 1.14 bits per heavy atom. The van der Waals surface area contributed by atoms with Crippen LogP contribution in [0, 0.1) is 11.8 Å². The van der Waals surface area contributed by atoms with E-state index in [9.17, 15) is 0 Å². The molecule has 1 heterocycles. The van der Waals surface area contributed by atoms with Crippen molar-refractivity contribution in [2.24, 2.45) is 11.8 Å². The summed E-state index contributed by atoms with van der Waals surface area (Å²) >= 11 is 0. The third-order valence-corrected chi connectivity index (χ3v) is 3.55. The summed E-state index contributed by atoms with van der Waals surface area (Å²) in [5.41, 5.74) is 1.36. The van der Waals surface area contributed by atoms with Gasteiger partial charge in [0.15, 0.2) is 0 Å². The van der Waals surface area contributed by atoms with E-state index in [1.54, 1.807) is 0 Å². The topological polar surface area (TPSA) is 27.1 Å². The van der Waals surface area contributed by atoms with Crippen molar-refractivity contribution >= 4 is 0 Å². The number of nitrogens with zero attached hydrogens (tertiary/aromatic N) is 2. The Morgan fingerprint density at radius 2 is 1.90 bits per heavy atom. The predicted molar refractivity (Wildman–Crippen MR) is 86.5 cm³/mol. The summed E-state index contributed by atoms with van der Waals surface area (Å²) in [6, 6.07) is 8.52. The van der Waals surface area contributed by atoms with Crippen LogP contribution in [0.4, 0.5) is 0 Å². The molecule has 3 heteroatoms. The molecule has 1 aromatic carbocycles. The summed E-state index contributed by atoms with van der Waals surface area (Å²) in [5.74, 6) is 2.25. The van der Waals surface area contributed by atoms with E-state index < -0.39 is 0 Å². The van der Waals surface area contributed by atoms with Gasteiger partial charge in [-0.3, -0.25) is 0 Å². The average Bonchev–Trinajstić information content (AvgIpc) is 2.93. The van der Waals surface area contributed by atoms with Gasteiger partial charge in [-0.1, -0.05) is 32.9 Å². The van der Waals surface area contributed by atoms with Gasteiger partial charge in [-0.2, -0.15) is 0 Å².